The Hall–Kier alpha value is -2.07. The van der Waals surface area contributed by atoms with E-state index in [1.807, 2.05) is 24.3 Å². The van der Waals surface area contributed by atoms with Gasteiger partial charge in [0, 0.05) is 17.6 Å². The van der Waals surface area contributed by atoms with Crippen molar-refractivity contribution in [3.63, 3.8) is 0 Å². The molecule has 0 aliphatic rings. The second kappa shape index (κ2) is 9.42. The molecule has 0 saturated carbocycles. The van der Waals surface area contributed by atoms with Crippen molar-refractivity contribution < 1.29 is 8.94 Å². The highest BCUT2D eigenvalue weighted by Crippen LogP contribution is 2.19. The number of hydrogen-bond donors (Lipinski definition) is 2. The number of benzene rings is 1. The summed E-state index contributed by atoms with van der Waals surface area (Å²) >= 11 is 5.97. The fourth-order valence-corrected chi connectivity index (χ4v) is 2.23. The molecule has 2 heterocycles. The van der Waals surface area contributed by atoms with Crippen LogP contribution in [0.15, 0.2) is 56.6 Å². The second-order valence-corrected chi connectivity index (χ2v) is 5.32. The Morgan fingerprint density at radius 1 is 1.20 bits per heavy atom. The number of aliphatic imine (C=N–C) groups is 1. The van der Waals surface area contributed by atoms with E-state index >= 15 is 0 Å². The molecule has 0 aliphatic carbocycles. The third-order valence-electron chi connectivity index (χ3n) is 3.19. The molecule has 132 valence electrons. The van der Waals surface area contributed by atoms with Crippen molar-refractivity contribution in [3.05, 3.63) is 59.3 Å². The summed E-state index contributed by atoms with van der Waals surface area (Å²) in [4.78, 5) is 8.46. The summed E-state index contributed by atoms with van der Waals surface area (Å²) < 4.78 is 10.5. The molecule has 0 fully saturated rings. The molecule has 0 aliphatic heterocycles. The Morgan fingerprint density at radius 2 is 2.04 bits per heavy atom. The second-order valence-electron chi connectivity index (χ2n) is 4.88. The zero-order chi connectivity index (χ0) is 16.8. The van der Waals surface area contributed by atoms with Gasteiger partial charge in [-0.15, -0.1) is 24.0 Å². The summed E-state index contributed by atoms with van der Waals surface area (Å²) in [6.45, 7) is 0.885. The number of rotatable bonds is 5. The number of guanidine groups is 1. The molecule has 2 aromatic heterocycles. The molecule has 2 N–H and O–H groups in total. The van der Waals surface area contributed by atoms with Crippen LogP contribution in [0.1, 0.15) is 11.7 Å². The largest absolute Gasteiger partial charge is 0.467 e. The molecule has 3 rings (SSSR count). The predicted molar refractivity (Wildman–Crippen MR) is 106 cm³/mol. The summed E-state index contributed by atoms with van der Waals surface area (Å²) in [5.74, 6) is 2.37. The first-order valence-corrected chi connectivity index (χ1v) is 7.68. The molecule has 0 bridgehead atoms. The summed E-state index contributed by atoms with van der Waals surface area (Å²) in [7, 11) is 1.68. The monoisotopic (exact) mass is 473 g/mol. The lowest BCUT2D eigenvalue weighted by atomic mass is 10.2. The van der Waals surface area contributed by atoms with E-state index in [2.05, 4.69) is 25.8 Å². The zero-order valence-corrected chi connectivity index (χ0v) is 16.5. The molecule has 0 unspecified atom stereocenters. The minimum absolute atomic E-state index is 0. The van der Waals surface area contributed by atoms with Crippen LogP contribution in [0.2, 0.25) is 5.02 Å². The van der Waals surface area contributed by atoms with Crippen LogP contribution in [0, 0.1) is 0 Å². The zero-order valence-electron chi connectivity index (χ0n) is 13.4. The molecule has 0 saturated heterocycles. The van der Waals surface area contributed by atoms with Crippen LogP contribution >= 0.6 is 35.6 Å². The van der Waals surface area contributed by atoms with Gasteiger partial charge in [-0.05, 0) is 24.3 Å². The van der Waals surface area contributed by atoms with E-state index in [0.29, 0.717) is 35.8 Å². The van der Waals surface area contributed by atoms with Crippen molar-refractivity contribution >= 4 is 41.5 Å². The molecule has 0 amide bonds. The molecule has 3 aromatic rings. The van der Waals surface area contributed by atoms with Gasteiger partial charge in [-0.2, -0.15) is 4.98 Å². The first-order chi connectivity index (χ1) is 11.7. The average molecular weight is 474 g/mol. The molecule has 0 radical (unpaired) electrons. The van der Waals surface area contributed by atoms with Crippen LogP contribution in [0.25, 0.3) is 11.4 Å². The van der Waals surface area contributed by atoms with E-state index in [1.54, 1.807) is 25.4 Å². The number of aromatic nitrogens is 2. The number of nitrogens with zero attached hydrogens (tertiary/aromatic N) is 3. The standard InChI is InChI=1S/C16H16ClN5O2.HI/c1-18-16(19-9-13-6-3-7-23-13)20-10-14-21-15(22-24-14)11-4-2-5-12(17)8-11;/h2-8H,9-10H2,1H3,(H2,18,19,20);1H. The highest BCUT2D eigenvalue weighted by atomic mass is 127. The average Bonchev–Trinajstić information content (AvgIpc) is 3.27. The van der Waals surface area contributed by atoms with E-state index in [1.165, 1.54) is 0 Å². The van der Waals surface area contributed by atoms with Crippen LogP contribution in [-0.4, -0.2) is 23.1 Å². The van der Waals surface area contributed by atoms with Crippen LogP contribution in [-0.2, 0) is 13.1 Å². The lowest BCUT2D eigenvalue weighted by Gasteiger charge is -2.08. The SMILES string of the molecule is CN=C(NCc1ccco1)NCc1nc(-c2cccc(Cl)c2)no1.I. The predicted octanol–water partition coefficient (Wildman–Crippen LogP) is 3.47. The third kappa shape index (κ3) is 5.46. The van der Waals surface area contributed by atoms with Gasteiger partial charge in [0.2, 0.25) is 11.7 Å². The Labute approximate surface area is 166 Å². The first-order valence-electron chi connectivity index (χ1n) is 7.30. The van der Waals surface area contributed by atoms with Crippen LogP contribution in [0.3, 0.4) is 0 Å². The summed E-state index contributed by atoms with van der Waals surface area (Å²) in [5.41, 5.74) is 0.804. The number of furan rings is 1. The smallest absolute Gasteiger partial charge is 0.246 e. The van der Waals surface area contributed by atoms with Crippen molar-refractivity contribution in [1.82, 2.24) is 20.8 Å². The highest BCUT2D eigenvalue weighted by molar-refractivity contribution is 14.0. The number of nitrogens with one attached hydrogen (secondary N) is 2. The molecular formula is C16H17ClIN5O2. The Balaban J connectivity index is 0.00000225. The van der Waals surface area contributed by atoms with Crippen LogP contribution in [0.5, 0.6) is 0 Å². The maximum absolute atomic E-state index is 5.97. The van der Waals surface area contributed by atoms with Gasteiger partial charge in [-0.3, -0.25) is 4.99 Å². The van der Waals surface area contributed by atoms with Crippen LogP contribution < -0.4 is 10.6 Å². The lowest BCUT2D eigenvalue weighted by Crippen LogP contribution is -2.36. The summed E-state index contributed by atoms with van der Waals surface area (Å²) in [5, 5.41) is 10.8. The van der Waals surface area contributed by atoms with Crippen molar-refractivity contribution in [3.8, 4) is 11.4 Å². The normalized spacial score (nSPS) is 11.0. The molecule has 25 heavy (non-hydrogen) atoms. The van der Waals surface area contributed by atoms with E-state index in [4.69, 9.17) is 20.5 Å². The van der Waals surface area contributed by atoms with Crippen molar-refractivity contribution in [2.75, 3.05) is 7.05 Å². The fourth-order valence-electron chi connectivity index (χ4n) is 2.04. The van der Waals surface area contributed by atoms with Crippen molar-refractivity contribution in [1.29, 1.82) is 0 Å². The lowest BCUT2D eigenvalue weighted by molar-refractivity contribution is 0.375. The van der Waals surface area contributed by atoms with Gasteiger partial charge in [-0.1, -0.05) is 28.9 Å². The van der Waals surface area contributed by atoms with E-state index < -0.39 is 0 Å². The summed E-state index contributed by atoms with van der Waals surface area (Å²) in [6, 6.07) is 11.0. The molecule has 0 spiro atoms. The van der Waals surface area contributed by atoms with Crippen molar-refractivity contribution in [2.24, 2.45) is 4.99 Å². The fraction of sp³-hybridized carbons (Fsp3) is 0.188. The van der Waals surface area contributed by atoms with E-state index in [0.717, 1.165) is 11.3 Å². The Morgan fingerprint density at radius 3 is 2.76 bits per heavy atom. The first kappa shape index (κ1) is 19.3. The number of halogens is 2. The molecule has 7 nitrogen and oxygen atoms in total. The maximum Gasteiger partial charge on any atom is 0.246 e. The summed E-state index contributed by atoms with van der Waals surface area (Å²) in [6.07, 6.45) is 1.63. The van der Waals surface area contributed by atoms with Gasteiger partial charge >= 0.3 is 0 Å². The Bertz CT molecular complexity index is 820. The van der Waals surface area contributed by atoms with Crippen LogP contribution in [0.4, 0.5) is 0 Å². The highest BCUT2D eigenvalue weighted by Gasteiger charge is 2.09. The van der Waals surface area contributed by atoms with Gasteiger partial charge in [-0.25, -0.2) is 0 Å². The van der Waals surface area contributed by atoms with Gasteiger partial charge in [0.1, 0.15) is 5.76 Å². The molecular weight excluding hydrogens is 457 g/mol. The van der Waals surface area contributed by atoms with Crippen molar-refractivity contribution in [2.45, 2.75) is 13.1 Å². The molecule has 1 aromatic carbocycles. The maximum atomic E-state index is 5.97. The van der Waals surface area contributed by atoms with Gasteiger partial charge < -0.3 is 19.6 Å². The minimum Gasteiger partial charge on any atom is -0.467 e. The number of hydrogen-bond acceptors (Lipinski definition) is 5. The van der Waals surface area contributed by atoms with Gasteiger partial charge in [0.05, 0.1) is 19.4 Å². The topological polar surface area (TPSA) is 88.5 Å². The quantitative estimate of drug-likeness (QED) is 0.335. The minimum atomic E-state index is 0. The third-order valence-corrected chi connectivity index (χ3v) is 3.43. The van der Waals surface area contributed by atoms with Gasteiger partial charge in [0.15, 0.2) is 5.96 Å². The Kier molecular flexibility index (Phi) is 7.26. The van der Waals surface area contributed by atoms with E-state index in [9.17, 15) is 0 Å². The van der Waals surface area contributed by atoms with Gasteiger partial charge in [0.25, 0.3) is 0 Å². The molecule has 0 atom stereocenters. The van der Waals surface area contributed by atoms with E-state index in [-0.39, 0.29) is 24.0 Å². The molecule has 9 heteroatoms.